The van der Waals surface area contributed by atoms with E-state index in [4.69, 9.17) is 4.42 Å². The lowest BCUT2D eigenvalue weighted by Gasteiger charge is -1.97. The highest BCUT2D eigenvalue weighted by atomic mass is 16.4. The van der Waals surface area contributed by atoms with Crippen LogP contribution in [0.3, 0.4) is 0 Å². The lowest BCUT2D eigenvalue weighted by molar-refractivity contribution is 0.575. The standard InChI is InChI=1S/C13H10N4O2/c1-17-11(18)8-7-10(16-17)13-15-14-12(19-13)9-5-3-2-4-6-9/h2-8H,1H3. The summed E-state index contributed by atoms with van der Waals surface area (Å²) in [5.41, 5.74) is 1.12. The molecule has 94 valence electrons. The Labute approximate surface area is 108 Å². The molecule has 1 aromatic carbocycles. The van der Waals surface area contributed by atoms with Crippen molar-refractivity contribution in [3.63, 3.8) is 0 Å². The zero-order valence-corrected chi connectivity index (χ0v) is 10.1. The fraction of sp³-hybridized carbons (Fsp3) is 0.0769. The molecule has 0 saturated carbocycles. The summed E-state index contributed by atoms with van der Waals surface area (Å²) in [7, 11) is 1.57. The minimum absolute atomic E-state index is 0.188. The third-order valence-electron chi connectivity index (χ3n) is 2.63. The number of rotatable bonds is 2. The van der Waals surface area contributed by atoms with E-state index >= 15 is 0 Å². The van der Waals surface area contributed by atoms with Crippen LogP contribution < -0.4 is 5.56 Å². The van der Waals surface area contributed by atoms with E-state index in [2.05, 4.69) is 15.3 Å². The number of nitrogens with zero attached hydrogens (tertiary/aromatic N) is 4. The second-order valence-corrected chi connectivity index (χ2v) is 3.96. The monoisotopic (exact) mass is 254 g/mol. The van der Waals surface area contributed by atoms with Crippen molar-refractivity contribution in [1.82, 2.24) is 20.0 Å². The summed E-state index contributed by atoms with van der Waals surface area (Å²) in [5, 5.41) is 12.0. The topological polar surface area (TPSA) is 73.8 Å². The van der Waals surface area contributed by atoms with E-state index in [9.17, 15) is 4.79 Å². The second kappa shape index (κ2) is 4.49. The van der Waals surface area contributed by atoms with E-state index < -0.39 is 0 Å². The van der Waals surface area contributed by atoms with Crippen molar-refractivity contribution in [2.24, 2.45) is 7.05 Å². The molecule has 0 bridgehead atoms. The molecule has 0 atom stereocenters. The first-order chi connectivity index (χ1) is 9.24. The van der Waals surface area contributed by atoms with Crippen LogP contribution in [0.1, 0.15) is 0 Å². The molecule has 0 aliphatic rings. The summed E-state index contributed by atoms with van der Waals surface area (Å²) in [5.74, 6) is 0.709. The van der Waals surface area contributed by atoms with E-state index in [0.29, 0.717) is 11.6 Å². The number of benzene rings is 1. The molecule has 0 N–H and O–H groups in total. The Bertz CT molecular complexity index is 762. The second-order valence-electron chi connectivity index (χ2n) is 3.96. The molecule has 2 aromatic heterocycles. The van der Waals surface area contributed by atoms with Crippen LogP contribution in [0.2, 0.25) is 0 Å². The average Bonchev–Trinajstić information content (AvgIpc) is 2.93. The molecule has 0 spiro atoms. The van der Waals surface area contributed by atoms with Gasteiger partial charge in [0.2, 0.25) is 5.89 Å². The third kappa shape index (κ3) is 2.15. The first kappa shape index (κ1) is 11.3. The summed E-state index contributed by atoms with van der Waals surface area (Å²) in [6.45, 7) is 0. The van der Waals surface area contributed by atoms with Gasteiger partial charge in [0, 0.05) is 18.7 Å². The summed E-state index contributed by atoms with van der Waals surface area (Å²) < 4.78 is 6.77. The van der Waals surface area contributed by atoms with Gasteiger partial charge in [-0.1, -0.05) is 18.2 Å². The predicted octanol–water partition coefficient (Wildman–Crippen LogP) is 1.50. The van der Waals surface area contributed by atoms with Crippen LogP contribution in [0.25, 0.3) is 23.0 Å². The molecule has 3 aromatic rings. The van der Waals surface area contributed by atoms with Gasteiger partial charge >= 0.3 is 0 Å². The summed E-state index contributed by atoms with van der Waals surface area (Å²) in [6, 6.07) is 12.4. The van der Waals surface area contributed by atoms with E-state index in [0.717, 1.165) is 5.56 Å². The van der Waals surface area contributed by atoms with Gasteiger partial charge in [-0.2, -0.15) is 5.10 Å². The highest BCUT2D eigenvalue weighted by Crippen LogP contribution is 2.21. The first-order valence-electron chi connectivity index (χ1n) is 5.68. The Hall–Kier alpha value is -2.76. The quantitative estimate of drug-likeness (QED) is 0.692. The molecule has 0 aliphatic heterocycles. The van der Waals surface area contributed by atoms with Crippen molar-refractivity contribution in [3.05, 3.63) is 52.8 Å². The number of aromatic nitrogens is 4. The van der Waals surface area contributed by atoms with Gasteiger partial charge < -0.3 is 4.42 Å². The van der Waals surface area contributed by atoms with Gasteiger partial charge in [0.15, 0.2) is 0 Å². The minimum atomic E-state index is -0.188. The molecule has 0 amide bonds. The lowest BCUT2D eigenvalue weighted by atomic mass is 10.2. The zero-order valence-electron chi connectivity index (χ0n) is 10.1. The smallest absolute Gasteiger partial charge is 0.268 e. The van der Waals surface area contributed by atoms with E-state index in [1.165, 1.54) is 10.7 Å². The highest BCUT2D eigenvalue weighted by molar-refractivity contribution is 5.54. The average molecular weight is 254 g/mol. The molecular formula is C13H10N4O2. The molecule has 6 nitrogen and oxygen atoms in total. The summed E-state index contributed by atoms with van der Waals surface area (Å²) >= 11 is 0. The highest BCUT2D eigenvalue weighted by Gasteiger charge is 2.11. The molecule has 0 fully saturated rings. The van der Waals surface area contributed by atoms with Crippen molar-refractivity contribution in [2.45, 2.75) is 0 Å². The Balaban J connectivity index is 2.01. The molecule has 0 saturated heterocycles. The largest absolute Gasteiger partial charge is 0.415 e. The van der Waals surface area contributed by atoms with Crippen LogP contribution >= 0.6 is 0 Å². The number of aryl methyl sites for hydroxylation is 1. The Morgan fingerprint density at radius 2 is 1.74 bits per heavy atom. The van der Waals surface area contributed by atoms with Gasteiger partial charge in [-0.25, -0.2) is 4.68 Å². The normalized spacial score (nSPS) is 10.6. The van der Waals surface area contributed by atoms with Gasteiger partial charge in [-0.3, -0.25) is 4.79 Å². The fourth-order valence-corrected chi connectivity index (χ4v) is 1.64. The Morgan fingerprint density at radius 3 is 2.47 bits per heavy atom. The van der Waals surface area contributed by atoms with Crippen LogP contribution in [-0.4, -0.2) is 20.0 Å². The predicted molar refractivity (Wildman–Crippen MR) is 68.2 cm³/mol. The van der Waals surface area contributed by atoms with Crippen molar-refractivity contribution >= 4 is 0 Å². The van der Waals surface area contributed by atoms with Gasteiger partial charge in [0.05, 0.1) is 0 Å². The lowest BCUT2D eigenvalue weighted by Crippen LogP contribution is -2.18. The minimum Gasteiger partial charge on any atom is -0.415 e. The number of hydrogen-bond acceptors (Lipinski definition) is 5. The van der Waals surface area contributed by atoms with Crippen LogP contribution in [0.5, 0.6) is 0 Å². The molecule has 6 heteroatoms. The molecule has 3 rings (SSSR count). The van der Waals surface area contributed by atoms with Gasteiger partial charge in [0.25, 0.3) is 11.4 Å². The molecular weight excluding hydrogens is 244 g/mol. The van der Waals surface area contributed by atoms with Crippen LogP contribution in [0.15, 0.2) is 51.7 Å². The SMILES string of the molecule is Cn1nc(-c2nnc(-c3ccccc3)o2)ccc1=O. The molecule has 0 aliphatic carbocycles. The van der Waals surface area contributed by atoms with E-state index in [1.54, 1.807) is 13.1 Å². The Morgan fingerprint density at radius 1 is 1.00 bits per heavy atom. The molecule has 0 unspecified atom stereocenters. The fourth-order valence-electron chi connectivity index (χ4n) is 1.64. The van der Waals surface area contributed by atoms with Crippen LogP contribution in [-0.2, 0) is 7.05 Å². The number of hydrogen-bond donors (Lipinski definition) is 0. The molecule has 2 heterocycles. The van der Waals surface area contributed by atoms with Crippen molar-refractivity contribution in [2.75, 3.05) is 0 Å². The molecule has 19 heavy (non-hydrogen) atoms. The van der Waals surface area contributed by atoms with E-state index in [1.807, 2.05) is 30.3 Å². The third-order valence-corrected chi connectivity index (χ3v) is 2.63. The maximum Gasteiger partial charge on any atom is 0.268 e. The molecule has 0 radical (unpaired) electrons. The van der Waals surface area contributed by atoms with Crippen LogP contribution in [0, 0.1) is 0 Å². The van der Waals surface area contributed by atoms with Gasteiger partial charge in [0.1, 0.15) is 5.69 Å². The van der Waals surface area contributed by atoms with E-state index in [-0.39, 0.29) is 11.4 Å². The Kier molecular flexibility index (Phi) is 2.68. The zero-order chi connectivity index (χ0) is 13.2. The first-order valence-corrected chi connectivity index (χ1v) is 5.68. The van der Waals surface area contributed by atoms with Gasteiger partial charge in [-0.05, 0) is 18.2 Å². The van der Waals surface area contributed by atoms with Crippen LogP contribution in [0.4, 0.5) is 0 Å². The summed E-state index contributed by atoms with van der Waals surface area (Å²) in [4.78, 5) is 11.3. The summed E-state index contributed by atoms with van der Waals surface area (Å²) in [6.07, 6.45) is 0. The van der Waals surface area contributed by atoms with Crippen molar-refractivity contribution in [3.8, 4) is 23.0 Å². The van der Waals surface area contributed by atoms with Crippen molar-refractivity contribution in [1.29, 1.82) is 0 Å². The van der Waals surface area contributed by atoms with Crippen molar-refractivity contribution < 1.29 is 4.42 Å². The van der Waals surface area contributed by atoms with Gasteiger partial charge in [-0.15, -0.1) is 10.2 Å². The maximum absolute atomic E-state index is 11.3. The maximum atomic E-state index is 11.3.